The molecule has 2 heterocycles. The minimum absolute atomic E-state index is 0.0979. The van der Waals surface area contributed by atoms with Crippen LogP contribution in [0.3, 0.4) is 0 Å². The van der Waals surface area contributed by atoms with Gasteiger partial charge in [0.2, 0.25) is 11.7 Å². The van der Waals surface area contributed by atoms with Gasteiger partial charge in [0.25, 0.3) is 5.56 Å². The Hall–Kier alpha value is -3.62. The lowest BCUT2D eigenvalue weighted by molar-refractivity contribution is -0.471. The average molecular weight is 645 g/mol. The first kappa shape index (κ1) is 27.0. The second-order valence-corrected chi connectivity index (χ2v) is 11.1. The van der Waals surface area contributed by atoms with Gasteiger partial charge < -0.3 is 15.5 Å². The number of amides is 2. The summed E-state index contributed by atoms with van der Waals surface area (Å²) in [5, 5.41) is 7.25. The van der Waals surface area contributed by atoms with Gasteiger partial charge in [-0.25, -0.2) is 19.3 Å². The number of aromatic nitrogens is 2. The molecule has 3 aromatic rings. The Bertz CT molecular complexity index is 1770. The van der Waals surface area contributed by atoms with Crippen LogP contribution >= 0.6 is 22.6 Å². The van der Waals surface area contributed by atoms with Gasteiger partial charge in [-0.1, -0.05) is 6.07 Å². The van der Waals surface area contributed by atoms with Crippen LogP contribution < -0.4 is 37.8 Å². The number of likely N-dealkylation sites (N-methyl/N-ethyl adjacent to an activating group) is 1. The molecule has 1 fully saturated rings. The molecule has 2 aromatic carbocycles. The molecule has 1 aliphatic carbocycles. The summed E-state index contributed by atoms with van der Waals surface area (Å²) in [6, 6.07) is 11.0. The van der Waals surface area contributed by atoms with Crippen LogP contribution in [0.2, 0.25) is 0 Å². The van der Waals surface area contributed by atoms with E-state index in [1.165, 1.54) is 26.6 Å². The summed E-state index contributed by atoms with van der Waals surface area (Å²) in [6.07, 6.45) is 1.35. The zero-order valence-corrected chi connectivity index (χ0v) is 23.7. The molecular weight excluding hydrogens is 618 g/mol. The van der Waals surface area contributed by atoms with Gasteiger partial charge in [-0.3, -0.25) is 18.7 Å². The van der Waals surface area contributed by atoms with E-state index in [0.717, 1.165) is 0 Å². The second kappa shape index (κ2) is 10.5. The molecule has 5 rings (SSSR count). The van der Waals surface area contributed by atoms with Crippen LogP contribution in [0.5, 0.6) is 0 Å². The van der Waals surface area contributed by atoms with Crippen molar-refractivity contribution in [1.82, 2.24) is 14.0 Å². The normalized spacial score (nSPS) is 15.0. The lowest BCUT2D eigenvalue weighted by Crippen LogP contribution is -2.91. The van der Waals surface area contributed by atoms with Gasteiger partial charge in [-0.05, 0) is 92.8 Å². The topological polar surface area (TPSA) is 122 Å². The second-order valence-electron chi connectivity index (χ2n) is 9.88. The summed E-state index contributed by atoms with van der Waals surface area (Å²) in [4.78, 5) is 54.8. The molecule has 2 aliphatic rings. The number of nitrogens with zero attached hydrogens (tertiary/aromatic N) is 3. The number of nitrogens with one attached hydrogen (secondary N) is 2. The smallest absolute Gasteiger partial charge is 0.325 e. The summed E-state index contributed by atoms with van der Waals surface area (Å²) in [5.41, 5.74) is 0.0204. The molecule has 1 aromatic heterocycles. The Morgan fingerprint density at radius 1 is 1.15 bits per heavy atom. The third-order valence-corrected chi connectivity index (χ3v) is 7.19. The van der Waals surface area contributed by atoms with Crippen molar-refractivity contribution in [2.45, 2.75) is 25.8 Å². The molecule has 1 saturated carbocycles. The van der Waals surface area contributed by atoms with Crippen molar-refractivity contribution in [1.29, 1.82) is 0 Å². The number of halogens is 2. The Labute approximate surface area is 236 Å². The highest BCUT2D eigenvalue weighted by atomic mass is 127. The predicted molar refractivity (Wildman–Crippen MR) is 153 cm³/mol. The van der Waals surface area contributed by atoms with Crippen molar-refractivity contribution < 1.29 is 19.3 Å². The lowest BCUT2D eigenvalue weighted by Gasteiger charge is -2.18. The fourth-order valence-electron chi connectivity index (χ4n) is 4.59. The van der Waals surface area contributed by atoms with Crippen LogP contribution in [0.15, 0.2) is 52.1 Å². The molecule has 10 nitrogen and oxygen atoms in total. The van der Waals surface area contributed by atoms with Crippen molar-refractivity contribution >= 4 is 57.2 Å². The Balaban J connectivity index is 1.78. The number of anilines is 2. The SMILES string of the molecule is CC1=c2c(c(=O)n(C3CC3)c(=O)n2-c2cccc(NC(=O)CN(C)C)c2)=C(Nc2ccc(I)cc2F)[NH2+]C1=O. The molecule has 0 unspecified atom stereocenters. The molecule has 12 heteroatoms. The maximum Gasteiger partial charge on any atom is 0.346 e. The first-order valence-electron chi connectivity index (χ1n) is 12.3. The monoisotopic (exact) mass is 645 g/mol. The third kappa shape index (κ3) is 5.31. The number of benzene rings is 2. The number of carbonyl (C=O) groups excluding carboxylic acids is 2. The summed E-state index contributed by atoms with van der Waals surface area (Å²) in [7, 11) is 3.56. The van der Waals surface area contributed by atoms with E-state index in [4.69, 9.17) is 0 Å². The van der Waals surface area contributed by atoms with Gasteiger partial charge in [0.1, 0.15) is 11.0 Å². The fourth-order valence-corrected chi connectivity index (χ4v) is 5.04. The number of primary amides is 1. The van der Waals surface area contributed by atoms with E-state index in [9.17, 15) is 23.6 Å². The summed E-state index contributed by atoms with van der Waals surface area (Å²) in [6.45, 7) is 1.72. The van der Waals surface area contributed by atoms with Crippen molar-refractivity contribution in [3.8, 4) is 5.69 Å². The standard InChI is InChI=1S/C27H26FIN6O4/c1-14-23-22(24(32-25(14)37)31-20-10-7-15(29)11-19(20)28)26(38)35(17-8-9-17)27(39)34(23)18-6-4-5-16(12-18)30-21(36)13-33(2)3/h4-7,10-12,17H,8-9,13H2,1-3H3,(H,30,36)(H2,31,32,37)/p+1. The summed E-state index contributed by atoms with van der Waals surface area (Å²) in [5.74, 6) is -1.08. The summed E-state index contributed by atoms with van der Waals surface area (Å²) >= 11 is 1.99. The van der Waals surface area contributed by atoms with Crippen LogP contribution in [-0.2, 0) is 9.59 Å². The van der Waals surface area contributed by atoms with Gasteiger partial charge in [0, 0.05) is 15.3 Å². The fraction of sp³-hybridized carbons (Fsp3) is 0.259. The van der Waals surface area contributed by atoms with Gasteiger partial charge >= 0.3 is 11.6 Å². The van der Waals surface area contributed by atoms with E-state index in [1.807, 2.05) is 22.6 Å². The van der Waals surface area contributed by atoms with E-state index >= 15 is 0 Å². The highest BCUT2D eigenvalue weighted by Gasteiger charge is 2.33. The molecule has 4 N–H and O–H groups in total. The van der Waals surface area contributed by atoms with Crippen LogP contribution in [0.25, 0.3) is 17.1 Å². The largest absolute Gasteiger partial charge is 0.346 e. The first-order chi connectivity index (χ1) is 18.5. The zero-order chi connectivity index (χ0) is 28.0. The number of rotatable bonds is 7. The molecule has 0 spiro atoms. The number of nitrogens with two attached hydrogens (primary N) is 1. The van der Waals surface area contributed by atoms with Crippen molar-refractivity contribution in [2.24, 2.45) is 0 Å². The molecule has 1 aliphatic heterocycles. The van der Waals surface area contributed by atoms with Gasteiger partial charge in [0.05, 0.1) is 28.8 Å². The van der Waals surface area contributed by atoms with Crippen LogP contribution in [0.4, 0.5) is 15.8 Å². The Morgan fingerprint density at radius 2 is 1.90 bits per heavy atom. The van der Waals surface area contributed by atoms with Crippen LogP contribution in [0.1, 0.15) is 25.8 Å². The molecule has 0 bridgehead atoms. The number of quaternary nitrogens is 1. The van der Waals surface area contributed by atoms with E-state index in [-0.39, 0.29) is 46.1 Å². The molecule has 39 heavy (non-hydrogen) atoms. The van der Waals surface area contributed by atoms with E-state index in [1.54, 1.807) is 56.3 Å². The Kier molecular flexibility index (Phi) is 7.27. The molecule has 202 valence electrons. The molecule has 0 atom stereocenters. The summed E-state index contributed by atoms with van der Waals surface area (Å²) < 4.78 is 18.0. The zero-order valence-electron chi connectivity index (χ0n) is 21.5. The van der Waals surface area contributed by atoms with Gasteiger partial charge in [-0.2, -0.15) is 0 Å². The molecule has 0 radical (unpaired) electrons. The lowest BCUT2D eigenvalue weighted by atomic mass is 10.1. The number of carbonyl (C=O) groups is 2. The van der Waals surface area contributed by atoms with E-state index in [2.05, 4.69) is 10.6 Å². The highest BCUT2D eigenvalue weighted by molar-refractivity contribution is 14.1. The quantitative estimate of drug-likeness (QED) is 0.312. The minimum atomic E-state index is -0.577. The predicted octanol–water partition coefficient (Wildman–Crippen LogP) is 0.0299. The Morgan fingerprint density at radius 3 is 2.56 bits per heavy atom. The van der Waals surface area contributed by atoms with Gasteiger partial charge in [0.15, 0.2) is 0 Å². The molecular formula is C27H27FIN6O4+. The van der Waals surface area contributed by atoms with Crippen molar-refractivity contribution in [2.75, 3.05) is 31.3 Å². The van der Waals surface area contributed by atoms with E-state index < -0.39 is 23.0 Å². The van der Waals surface area contributed by atoms with Crippen LogP contribution in [0, 0.1) is 9.39 Å². The maximum atomic E-state index is 14.7. The maximum absolute atomic E-state index is 14.7. The number of hydrogen-bond acceptors (Lipinski definition) is 6. The van der Waals surface area contributed by atoms with Crippen LogP contribution in [-0.4, -0.2) is 46.5 Å². The number of fused-ring (bicyclic) bond motifs is 1. The highest BCUT2D eigenvalue weighted by Crippen LogP contribution is 2.32. The molecule has 2 amide bonds. The van der Waals surface area contributed by atoms with Gasteiger partial charge in [-0.15, -0.1) is 0 Å². The van der Waals surface area contributed by atoms with Crippen molar-refractivity contribution in [3.05, 3.63) is 83.3 Å². The number of hydrogen-bond donors (Lipinski definition) is 3. The van der Waals surface area contributed by atoms with Crippen molar-refractivity contribution in [3.63, 3.8) is 0 Å². The minimum Gasteiger partial charge on any atom is -0.325 e. The molecule has 0 saturated heterocycles. The average Bonchev–Trinajstić information content (AvgIpc) is 3.68. The third-order valence-electron chi connectivity index (χ3n) is 6.52. The first-order valence-corrected chi connectivity index (χ1v) is 13.4. The van der Waals surface area contributed by atoms with E-state index in [0.29, 0.717) is 27.8 Å².